The highest BCUT2D eigenvalue weighted by Gasteiger charge is 2.15. The smallest absolute Gasteiger partial charge is 0.227 e. The van der Waals surface area contributed by atoms with Crippen LogP contribution in [0.25, 0.3) is 10.8 Å². The maximum absolute atomic E-state index is 12.4. The summed E-state index contributed by atoms with van der Waals surface area (Å²) in [6.45, 7) is 2.49. The highest BCUT2D eigenvalue weighted by atomic mass is 16.5. The standard InChI is InChI=1S/C21H21NO2/c1-15(21(23)22-14-16-6-4-3-5-7-16)17-8-9-19-13-20(24-2)11-10-18(19)12-17/h3-13,15H,14H2,1-2H3,(H,22,23)/t15-/m1/s1. The van der Waals surface area contributed by atoms with Crippen LogP contribution in [0.15, 0.2) is 66.7 Å². The molecule has 0 aliphatic carbocycles. The highest BCUT2D eigenvalue weighted by Crippen LogP contribution is 2.25. The number of amides is 1. The highest BCUT2D eigenvalue weighted by molar-refractivity contribution is 5.88. The number of fused-ring (bicyclic) bond motifs is 1. The summed E-state index contributed by atoms with van der Waals surface area (Å²) < 4.78 is 5.25. The Morgan fingerprint density at radius 3 is 2.46 bits per heavy atom. The lowest BCUT2D eigenvalue weighted by molar-refractivity contribution is -0.122. The molecule has 3 heteroatoms. The van der Waals surface area contributed by atoms with Crippen molar-refractivity contribution in [2.75, 3.05) is 7.11 Å². The number of nitrogens with one attached hydrogen (secondary N) is 1. The fraction of sp³-hybridized carbons (Fsp3) is 0.190. The van der Waals surface area contributed by atoms with Gasteiger partial charge in [0.2, 0.25) is 5.91 Å². The van der Waals surface area contributed by atoms with E-state index in [9.17, 15) is 4.79 Å². The van der Waals surface area contributed by atoms with E-state index in [0.29, 0.717) is 6.54 Å². The number of hydrogen-bond donors (Lipinski definition) is 1. The summed E-state index contributed by atoms with van der Waals surface area (Å²) in [5.74, 6) is 0.677. The van der Waals surface area contributed by atoms with Crippen molar-refractivity contribution in [2.45, 2.75) is 19.4 Å². The molecule has 0 saturated carbocycles. The molecule has 3 nitrogen and oxygen atoms in total. The molecule has 0 aromatic heterocycles. The van der Waals surface area contributed by atoms with Crippen molar-refractivity contribution in [3.63, 3.8) is 0 Å². The van der Waals surface area contributed by atoms with Crippen LogP contribution in [0.5, 0.6) is 5.75 Å². The van der Waals surface area contributed by atoms with Crippen LogP contribution < -0.4 is 10.1 Å². The first kappa shape index (κ1) is 16.1. The second-order valence-electron chi connectivity index (χ2n) is 5.90. The molecular weight excluding hydrogens is 298 g/mol. The lowest BCUT2D eigenvalue weighted by atomic mass is 9.97. The first-order valence-electron chi connectivity index (χ1n) is 8.07. The maximum atomic E-state index is 12.4. The molecule has 3 aromatic carbocycles. The summed E-state index contributed by atoms with van der Waals surface area (Å²) in [4.78, 5) is 12.4. The largest absolute Gasteiger partial charge is 0.497 e. The van der Waals surface area contributed by atoms with Crippen LogP contribution in [0.4, 0.5) is 0 Å². The lowest BCUT2D eigenvalue weighted by Gasteiger charge is -2.14. The zero-order chi connectivity index (χ0) is 16.9. The van der Waals surface area contributed by atoms with Gasteiger partial charge in [0.25, 0.3) is 0 Å². The van der Waals surface area contributed by atoms with E-state index in [1.54, 1.807) is 7.11 Å². The van der Waals surface area contributed by atoms with E-state index < -0.39 is 0 Å². The van der Waals surface area contributed by atoms with Gasteiger partial charge in [-0.3, -0.25) is 4.79 Å². The Morgan fingerprint density at radius 1 is 1.00 bits per heavy atom. The first-order chi connectivity index (χ1) is 11.7. The number of carbonyl (C=O) groups is 1. The van der Waals surface area contributed by atoms with Gasteiger partial charge in [-0.1, -0.05) is 54.6 Å². The Hall–Kier alpha value is -2.81. The molecule has 0 spiro atoms. The van der Waals surface area contributed by atoms with Gasteiger partial charge < -0.3 is 10.1 Å². The van der Waals surface area contributed by atoms with E-state index in [1.165, 1.54) is 0 Å². The van der Waals surface area contributed by atoms with E-state index in [-0.39, 0.29) is 11.8 Å². The third kappa shape index (κ3) is 3.57. The number of hydrogen-bond acceptors (Lipinski definition) is 2. The average Bonchev–Trinajstić information content (AvgIpc) is 2.65. The molecule has 0 aliphatic heterocycles. The molecule has 0 saturated heterocycles. The fourth-order valence-electron chi connectivity index (χ4n) is 2.73. The zero-order valence-corrected chi connectivity index (χ0v) is 14.0. The number of methoxy groups -OCH3 is 1. The summed E-state index contributed by atoms with van der Waals surface area (Å²) in [7, 11) is 1.66. The molecule has 0 heterocycles. The SMILES string of the molecule is COc1ccc2cc([C@@H](C)C(=O)NCc3ccccc3)ccc2c1. The van der Waals surface area contributed by atoms with Gasteiger partial charge in [0.1, 0.15) is 5.75 Å². The number of ether oxygens (including phenoxy) is 1. The summed E-state index contributed by atoms with van der Waals surface area (Å²) in [5.41, 5.74) is 2.11. The maximum Gasteiger partial charge on any atom is 0.227 e. The molecule has 0 unspecified atom stereocenters. The Labute approximate surface area is 142 Å². The summed E-state index contributed by atoms with van der Waals surface area (Å²) in [6.07, 6.45) is 0. The first-order valence-corrected chi connectivity index (χ1v) is 8.07. The van der Waals surface area contributed by atoms with Crippen LogP contribution >= 0.6 is 0 Å². The van der Waals surface area contributed by atoms with Crippen molar-refractivity contribution < 1.29 is 9.53 Å². The van der Waals surface area contributed by atoms with Crippen LogP contribution in [-0.2, 0) is 11.3 Å². The van der Waals surface area contributed by atoms with E-state index in [4.69, 9.17) is 4.74 Å². The summed E-state index contributed by atoms with van der Waals surface area (Å²) in [6, 6.07) is 22.0. The Balaban J connectivity index is 1.72. The van der Waals surface area contributed by atoms with E-state index >= 15 is 0 Å². The van der Waals surface area contributed by atoms with Gasteiger partial charge in [-0.15, -0.1) is 0 Å². The molecule has 0 bridgehead atoms. The number of carbonyl (C=O) groups excluding carboxylic acids is 1. The third-order valence-corrected chi connectivity index (χ3v) is 4.27. The van der Waals surface area contributed by atoms with Gasteiger partial charge in [0, 0.05) is 6.54 Å². The molecule has 1 amide bonds. The van der Waals surface area contributed by atoms with E-state index in [2.05, 4.69) is 11.4 Å². The monoisotopic (exact) mass is 319 g/mol. The summed E-state index contributed by atoms with van der Waals surface area (Å²) >= 11 is 0. The molecular formula is C21H21NO2. The third-order valence-electron chi connectivity index (χ3n) is 4.27. The molecule has 0 aliphatic rings. The van der Waals surface area contributed by atoms with Gasteiger partial charge >= 0.3 is 0 Å². The van der Waals surface area contributed by atoms with Crippen molar-refractivity contribution in [3.8, 4) is 5.75 Å². The molecule has 0 radical (unpaired) electrons. The Bertz CT molecular complexity index is 843. The molecule has 24 heavy (non-hydrogen) atoms. The van der Waals surface area contributed by atoms with Crippen LogP contribution in [0.2, 0.25) is 0 Å². The predicted molar refractivity (Wildman–Crippen MR) is 97.2 cm³/mol. The van der Waals surface area contributed by atoms with E-state index in [0.717, 1.165) is 27.6 Å². The van der Waals surface area contributed by atoms with Gasteiger partial charge in [-0.2, -0.15) is 0 Å². The van der Waals surface area contributed by atoms with Gasteiger partial charge in [0.15, 0.2) is 0 Å². The fourth-order valence-corrected chi connectivity index (χ4v) is 2.73. The quantitative estimate of drug-likeness (QED) is 0.763. The second kappa shape index (κ2) is 7.18. The summed E-state index contributed by atoms with van der Waals surface area (Å²) in [5, 5.41) is 5.22. The van der Waals surface area contributed by atoms with Crippen LogP contribution in [0.3, 0.4) is 0 Å². The van der Waals surface area contributed by atoms with Gasteiger partial charge in [-0.05, 0) is 41.0 Å². The molecule has 3 aromatic rings. The minimum atomic E-state index is -0.194. The molecule has 3 rings (SSSR count). The minimum Gasteiger partial charge on any atom is -0.497 e. The lowest BCUT2D eigenvalue weighted by Crippen LogP contribution is -2.27. The van der Waals surface area contributed by atoms with E-state index in [1.807, 2.05) is 67.6 Å². The molecule has 1 atom stereocenters. The minimum absolute atomic E-state index is 0.0340. The normalized spacial score (nSPS) is 11.9. The van der Waals surface area contributed by atoms with Gasteiger partial charge in [0.05, 0.1) is 13.0 Å². The Morgan fingerprint density at radius 2 is 1.71 bits per heavy atom. The number of benzene rings is 3. The predicted octanol–water partition coefficient (Wildman–Crippen LogP) is 4.27. The topological polar surface area (TPSA) is 38.3 Å². The molecule has 1 N–H and O–H groups in total. The second-order valence-corrected chi connectivity index (χ2v) is 5.90. The van der Waals surface area contributed by atoms with Gasteiger partial charge in [-0.25, -0.2) is 0 Å². The molecule has 0 fully saturated rings. The van der Waals surface area contributed by atoms with Crippen molar-refractivity contribution in [1.82, 2.24) is 5.32 Å². The molecule has 122 valence electrons. The van der Waals surface area contributed by atoms with Crippen molar-refractivity contribution in [2.24, 2.45) is 0 Å². The number of rotatable bonds is 5. The van der Waals surface area contributed by atoms with Crippen LogP contribution in [-0.4, -0.2) is 13.0 Å². The van der Waals surface area contributed by atoms with Crippen LogP contribution in [0, 0.1) is 0 Å². The van der Waals surface area contributed by atoms with Crippen molar-refractivity contribution >= 4 is 16.7 Å². The zero-order valence-electron chi connectivity index (χ0n) is 14.0. The van der Waals surface area contributed by atoms with Crippen LogP contribution in [0.1, 0.15) is 24.0 Å². The van der Waals surface area contributed by atoms with Crippen molar-refractivity contribution in [3.05, 3.63) is 77.9 Å². The van der Waals surface area contributed by atoms with Crippen molar-refractivity contribution in [1.29, 1.82) is 0 Å². The average molecular weight is 319 g/mol. The Kier molecular flexibility index (Phi) is 4.80.